The number of nitrogens with one attached hydrogen (secondary N) is 2. The lowest BCUT2D eigenvalue weighted by molar-refractivity contribution is 0.128. The van der Waals surface area contributed by atoms with Gasteiger partial charge in [0.25, 0.3) is 0 Å². The van der Waals surface area contributed by atoms with Gasteiger partial charge in [0, 0.05) is 64.7 Å². The first-order chi connectivity index (χ1) is 15.2. The van der Waals surface area contributed by atoms with E-state index in [0.717, 1.165) is 77.5 Å². The van der Waals surface area contributed by atoms with Crippen LogP contribution in [0.15, 0.2) is 29.3 Å². The summed E-state index contributed by atoms with van der Waals surface area (Å²) in [5.41, 5.74) is 2.50. The minimum absolute atomic E-state index is 0.319. The van der Waals surface area contributed by atoms with Crippen LogP contribution in [0.4, 0.5) is 5.69 Å². The Hall–Kier alpha value is -1.83. The number of methoxy groups -OCH3 is 1. The number of rotatable bonds is 9. The zero-order valence-corrected chi connectivity index (χ0v) is 19.4. The minimum Gasteiger partial charge on any atom is -0.396 e. The molecule has 31 heavy (non-hydrogen) atoms. The number of nitrogens with zero attached hydrogens (tertiary/aromatic N) is 3. The van der Waals surface area contributed by atoms with Crippen LogP contribution in [0.25, 0.3) is 0 Å². The Bertz CT molecular complexity index is 650. The lowest BCUT2D eigenvalue weighted by Crippen LogP contribution is -2.49. The molecule has 2 aliphatic rings. The molecule has 2 saturated heterocycles. The van der Waals surface area contributed by atoms with Crippen molar-refractivity contribution in [3.05, 3.63) is 29.8 Å². The number of hydrogen-bond acceptors (Lipinski definition) is 5. The van der Waals surface area contributed by atoms with Crippen LogP contribution in [-0.2, 0) is 11.3 Å². The molecule has 7 heteroatoms. The van der Waals surface area contributed by atoms with Crippen molar-refractivity contribution in [2.24, 2.45) is 10.9 Å². The Kier molecular flexibility index (Phi) is 9.90. The van der Waals surface area contributed by atoms with E-state index in [2.05, 4.69) is 51.6 Å². The molecule has 0 amide bonds. The van der Waals surface area contributed by atoms with Crippen LogP contribution in [0.5, 0.6) is 0 Å². The van der Waals surface area contributed by atoms with E-state index >= 15 is 0 Å². The normalized spacial score (nSPS) is 19.6. The maximum absolute atomic E-state index is 9.32. The molecule has 0 aliphatic carbocycles. The fraction of sp³-hybridized carbons (Fsp3) is 0.708. The summed E-state index contributed by atoms with van der Waals surface area (Å²) in [6.45, 7) is 10.1. The topological polar surface area (TPSA) is 72.4 Å². The molecule has 0 saturated carbocycles. The third-order valence-corrected chi connectivity index (χ3v) is 6.48. The van der Waals surface area contributed by atoms with Gasteiger partial charge in [-0.25, -0.2) is 4.99 Å². The second-order valence-corrected chi connectivity index (χ2v) is 8.73. The van der Waals surface area contributed by atoms with E-state index in [1.54, 1.807) is 7.11 Å². The summed E-state index contributed by atoms with van der Waals surface area (Å²) in [6, 6.07) is 9.27. The summed E-state index contributed by atoms with van der Waals surface area (Å²) in [7, 11) is 1.77. The average Bonchev–Trinajstić information content (AvgIpc) is 2.82. The van der Waals surface area contributed by atoms with Gasteiger partial charge < -0.3 is 30.3 Å². The van der Waals surface area contributed by atoms with Crippen molar-refractivity contribution >= 4 is 11.6 Å². The monoisotopic (exact) mass is 431 g/mol. The Morgan fingerprint density at radius 2 is 1.81 bits per heavy atom. The SMILES string of the molecule is CCNC(=NCc1ccc(N2CCC(CO)CC2)cc1)NC1CCN(CCOC)CC1. The molecule has 2 aliphatic heterocycles. The first-order valence-corrected chi connectivity index (χ1v) is 11.9. The number of aliphatic hydroxyl groups excluding tert-OH is 1. The molecule has 3 rings (SSSR count). The second-order valence-electron chi connectivity index (χ2n) is 8.73. The third kappa shape index (κ3) is 7.66. The van der Waals surface area contributed by atoms with Crippen molar-refractivity contribution in [3.8, 4) is 0 Å². The highest BCUT2D eigenvalue weighted by Crippen LogP contribution is 2.23. The van der Waals surface area contributed by atoms with Crippen molar-refractivity contribution in [3.63, 3.8) is 0 Å². The largest absolute Gasteiger partial charge is 0.396 e. The predicted octanol–water partition coefficient (Wildman–Crippen LogP) is 2.06. The van der Waals surface area contributed by atoms with Gasteiger partial charge in [0.1, 0.15) is 0 Å². The second kappa shape index (κ2) is 12.9. The molecule has 0 radical (unpaired) electrons. The van der Waals surface area contributed by atoms with Crippen molar-refractivity contribution in [1.29, 1.82) is 0 Å². The Morgan fingerprint density at radius 3 is 2.42 bits per heavy atom. The molecule has 2 heterocycles. The Balaban J connectivity index is 1.47. The average molecular weight is 432 g/mol. The molecular formula is C24H41N5O2. The fourth-order valence-electron chi connectivity index (χ4n) is 4.39. The highest BCUT2D eigenvalue weighted by molar-refractivity contribution is 5.80. The number of hydrogen-bond donors (Lipinski definition) is 3. The number of guanidine groups is 1. The maximum Gasteiger partial charge on any atom is 0.191 e. The molecule has 0 aromatic heterocycles. The molecule has 3 N–H and O–H groups in total. The fourth-order valence-corrected chi connectivity index (χ4v) is 4.39. The molecule has 7 nitrogen and oxygen atoms in total. The highest BCUT2D eigenvalue weighted by Gasteiger charge is 2.20. The van der Waals surface area contributed by atoms with Crippen LogP contribution in [0, 0.1) is 5.92 Å². The van der Waals surface area contributed by atoms with Crippen molar-refractivity contribution in [2.45, 2.75) is 45.2 Å². The van der Waals surface area contributed by atoms with Crippen LogP contribution in [0.3, 0.4) is 0 Å². The van der Waals surface area contributed by atoms with E-state index in [1.807, 2.05) is 0 Å². The number of benzene rings is 1. The van der Waals surface area contributed by atoms with E-state index in [0.29, 0.717) is 25.1 Å². The summed E-state index contributed by atoms with van der Waals surface area (Å²) in [5, 5.41) is 16.3. The molecule has 0 bridgehead atoms. The van der Waals surface area contributed by atoms with Crippen molar-refractivity contribution in [1.82, 2.24) is 15.5 Å². The minimum atomic E-state index is 0.319. The van der Waals surface area contributed by atoms with Crippen LogP contribution < -0.4 is 15.5 Å². The zero-order valence-electron chi connectivity index (χ0n) is 19.4. The molecular weight excluding hydrogens is 390 g/mol. The Labute approximate surface area is 187 Å². The van der Waals surface area contributed by atoms with Gasteiger partial charge in [0.15, 0.2) is 5.96 Å². The molecule has 2 fully saturated rings. The zero-order chi connectivity index (χ0) is 21.9. The van der Waals surface area contributed by atoms with Gasteiger partial charge in [-0.15, -0.1) is 0 Å². The van der Waals surface area contributed by atoms with Gasteiger partial charge in [-0.1, -0.05) is 12.1 Å². The van der Waals surface area contributed by atoms with E-state index in [1.165, 1.54) is 11.3 Å². The molecule has 0 unspecified atom stereocenters. The van der Waals surface area contributed by atoms with Gasteiger partial charge in [0.2, 0.25) is 0 Å². The standard InChI is InChI=1S/C24H41N5O2/c1-3-25-24(27-22-10-12-28(13-11-22)16-17-31-2)26-18-20-4-6-23(7-5-20)29-14-8-21(19-30)9-15-29/h4-7,21-22,30H,3,8-19H2,1-2H3,(H2,25,26,27). The smallest absolute Gasteiger partial charge is 0.191 e. The lowest BCUT2D eigenvalue weighted by Gasteiger charge is -2.33. The van der Waals surface area contributed by atoms with E-state index < -0.39 is 0 Å². The molecule has 0 atom stereocenters. The molecule has 174 valence electrons. The van der Waals surface area contributed by atoms with E-state index in [4.69, 9.17) is 9.73 Å². The van der Waals surface area contributed by atoms with E-state index in [9.17, 15) is 5.11 Å². The lowest BCUT2D eigenvalue weighted by atomic mass is 9.97. The number of ether oxygens (including phenoxy) is 1. The summed E-state index contributed by atoms with van der Waals surface area (Å²) in [4.78, 5) is 9.72. The number of aliphatic imine (C=N–C) groups is 1. The quantitative estimate of drug-likeness (QED) is 0.411. The summed E-state index contributed by atoms with van der Waals surface area (Å²) in [6.07, 6.45) is 4.42. The summed E-state index contributed by atoms with van der Waals surface area (Å²) < 4.78 is 5.19. The first-order valence-electron chi connectivity index (χ1n) is 11.9. The van der Waals surface area contributed by atoms with Gasteiger partial charge in [-0.05, 0) is 56.2 Å². The number of anilines is 1. The first kappa shape index (κ1) is 23.8. The molecule has 0 spiro atoms. The van der Waals surface area contributed by atoms with E-state index in [-0.39, 0.29) is 0 Å². The highest BCUT2D eigenvalue weighted by atomic mass is 16.5. The predicted molar refractivity (Wildman–Crippen MR) is 128 cm³/mol. The van der Waals surface area contributed by atoms with Crippen LogP contribution in [0.1, 0.15) is 38.2 Å². The number of aliphatic hydroxyl groups is 1. The molecule has 1 aromatic carbocycles. The summed E-state index contributed by atoms with van der Waals surface area (Å²) >= 11 is 0. The van der Waals surface area contributed by atoms with Crippen LogP contribution in [-0.4, -0.2) is 81.6 Å². The molecule has 1 aromatic rings. The van der Waals surface area contributed by atoms with Gasteiger partial charge in [-0.2, -0.15) is 0 Å². The van der Waals surface area contributed by atoms with Gasteiger partial charge in [0.05, 0.1) is 13.2 Å². The van der Waals surface area contributed by atoms with Gasteiger partial charge >= 0.3 is 0 Å². The van der Waals surface area contributed by atoms with Crippen molar-refractivity contribution in [2.75, 3.05) is 64.5 Å². The number of likely N-dealkylation sites (tertiary alicyclic amines) is 1. The summed E-state index contributed by atoms with van der Waals surface area (Å²) in [5.74, 6) is 1.38. The van der Waals surface area contributed by atoms with Crippen LogP contribution >= 0.6 is 0 Å². The maximum atomic E-state index is 9.32. The van der Waals surface area contributed by atoms with Gasteiger partial charge in [-0.3, -0.25) is 0 Å². The van der Waals surface area contributed by atoms with Crippen molar-refractivity contribution < 1.29 is 9.84 Å². The number of piperidine rings is 2. The third-order valence-electron chi connectivity index (χ3n) is 6.48. The van der Waals surface area contributed by atoms with Crippen LogP contribution in [0.2, 0.25) is 0 Å². The Morgan fingerprint density at radius 1 is 1.10 bits per heavy atom.